The van der Waals surface area contributed by atoms with Gasteiger partial charge in [-0.05, 0) is 49.3 Å². The standard InChI is InChI=1S/C23H25N3O/c24-22-18-10-4-5-11-20(18)26-21-13-12-17(15-19(21)22)23(27)25-14-6-9-16-7-2-1-3-8-16/h1-5,7-8,10-11,17H,6,9,12-15H2,(H2,24,26)(H,25,27). The summed E-state index contributed by atoms with van der Waals surface area (Å²) in [5.41, 5.74) is 11.6. The Bertz CT molecular complexity index is 952. The van der Waals surface area contributed by atoms with Crippen LogP contribution in [0, 0.1) is 5.92 Å². The number of benzene rings is 2. The number of nitrogens with zero attached hydrogens (tertiary/aromatic N) is 1. The van der Waals surface area contributed by atoms with Crippen LogP contribution in [0.2, 0.25) is 0 Å². The number of carbonyl (C=O) groups excluding carboxylic acids is 1. The van der Waals surface area contributed by atoms with Gasteiger partial charge in [-0.1, -0.05) is 48.5 Å². The molecule has 0 aliphatic heterocycles. The fraction of sp³-hybridized carbons (Fsp3) is 0.304. The normalized spacial score (nSPS) is 16.1. The molecule has 0 fully saturated rings. The molecule has 138 valence electrons. The Balaban J connectivity index is 1.37. The lowest BCUT2D eigenvalue weighted by Gasteiger charge is -2.25. The number of fused-ring (bicyclic) bond motifs is 2. The van der Waals surface area contributed by atoms with Crippen molar-refractivity contribution in [1.29, 1.82) is 0 Å². The number of nitrogens with one attached hydrogen (secondary N) is 1. The highest BCUT2D eigenvalue weighted by Gasteiger charge is 2.27. The van der Waals surface area contributed by atoms with E-state index in [2.05, 4.69) is 29.6 Å². The molecule has 27 heavy (non-hydrogen) atoms. The Morgan fingerprint density at radius 1 is 1.11 bits per heavy atom. The van der Waals surface area contributed by atoms with Gasteiger partial charge in [0.15, 0.2) is 0 Å². The Morgan fingerprint density at radius 2 is 1.89 bits per heavy atom. The molecule has 1 aliphatic rings. The fourth-order valence-corrected chi connectivity index (χ4v) is 3.94. The van der Waals surface area contributed by atoms with Crippen molar-refractivity contribution >= 4 is 22.5 Å². The lowest BCUT2D eigenvalue weighted by atomic mass is 9.84. The van der Waals surface area contributed by atoms with Crippen LogP contribution in [0.1, 0.15) is 29.7 Å². The van der Waals surface area contributed by atoms with E-state index in [1.807, 2.05) is 30.3 Å². The molecule has 0 saturated heterocycles. The van der Waals surface area contributed by atoms with Crippen molar-refractivity contribution in [2.24, 2.45) is 5.92 Å². The first-order chi connectivity index (χ1) is 13.2. The topological polar surface area (TPSA) is 68.0 Å². The van der Waals surface area contributed by atoms with Crippen LogP contribution < -0.4 is 11.1 Å². The second kappa shape index (κ2) is 7.78. The maximum Gasteiger partial charge on any atom is 0.223 e. The zero-order chi connectivity index (χ0) is 18.6. The second-order valence-corrected chi connectivity index (χ2v) is 7.29. The molecule has 4 heteroatoms. The highest BCUT2D eigenvalue weighted by molar-refractivity contribution is 5.92. The van der Waals surface area contributed by atoms with Gasteiger partial charge in [0.25, 0.3) is 0 Å². The molecule has 1 aromatic heterocycles. The number of pyridine rings is 1. The Labute approximate surface area is 159 Å². The maximum absolute atomic E-state index is 12.6. The predicted molar refractivity (Wildman–Crippen MR) is 109 cm³/mol. The van der Waals surface area contributed by atoms with Gasteiger partial charge < -0.3 is 11.1 Å². The molecule has 1 unspecified atom stereocenters. The van der Waals surface area contributed by atoms with Gasteiger partial charge in [0.2, 0.25) is 5.91 Å². The van der Waals surface area contributed by atoms with Crippen molar-refractivity contribution in [1.82, 2.24) is 10.3 Å². The molecule has 4 rings (SSSR count). The molecule has 1 atom stereocenters. The summed E-state index contributed by atoms with van der Waals surface area (Å²) in [7, 11) is 0. The zero-order valence-corrected chi connectivity index (χ0v) is 15.4. The first-order valence-electron chi connectivity index (χ1n) is 9.70. The Morgan fingerprint density at radius 3 is 2.74 bits per heavy atom. The molecule has 2 aromatic carbocycles. The fourth-order valence-electron chi connectivity index (χ4n) is 3.94. The summed E-state index contributed by atoms with van der Waals surface area (Å²) in [4.78, 5) is 17.4. The Hall–Kier alpha value is -2.88. The largest absolute Gasteiger partial charge is 0.398 e. The predicted octanol–water partition coefficient (Wildman–Crippen LogP) is 3.67. The van der Waals surface area contributed by atoms with Crippen LogP contribution in [0.4, 0.5) is 5.69 Å². The van der Waals surface area contributed by atoms with Crippen molar-refractivity contribution in [2.45, 2.75) is 32.1 Å². The lowest BCUT2D eigenvalue weighted by Crippen LogP contribution is -2.35. The number of nitrogen functional groups attached to an aromatic ring is 1. The molecule has 1 heterocycles. The Kier molecular flexibility index (Phi) is 5.05. The third-order valence-corrected chi connectivity index (χ3v) is 5.46. The number of rotatable bonds is 5. The molecule has 0 radical (unpaired) electrons. The molecule has 0 spiro atoms. The lowest BCUT2D eigenvalue weighted by molar-refractivity contribution is -0.125. The summed E-state index contributed by atoms with van der Waals surface area (Å²) in [6.07, 6.45) is 4.27. The van der Waals surface area contributed by atoms with E-state index in [9.17, 15) is 4.79 Å². The monoisotopic (exact) mass is 359 g/mol. The van der Waals surface area contributed by atoms with E-state index in [4.69, 9.17) is 10.7 Å². The SMILES string of the molecule is Nc1c2c(nc3ccccc13)CCC(C(=O)NCCCc1ccccc1)C2. The molecular formula is C23H25N3O. The molecule has 0 bridgehead atoms. The average Bonchev–Trinajstić information content (AvgIpc) is 2.72. The number of hydrogen-bond donors (Lipinski definition) is 2. The summed E-state index contributed by atoms with van der Waals surface area (Å²) in [6, 6.07) is 18.3. The molecule has 1 amide bonds. The number of aromatic nitrogens is 1. The van der Waals surface area contributed by atoms with Crippen LogP contribution in [0.25, 0.3) is 10.9 Å². The van der Waals surface area contributed by atoms with Crippen LogP contribution in [0.5, 0.6) is 0 Å². The number of amides is 1. The van der Waals surface area contributed by atoms with Gasteiger partial charge in [0, 0.05) is 29.2 Å². The van der Waals surface area contributed by atoms with Crippen molar-refractivity contribution in [3.63, 3.8) is 0 Å². The van der Waals surface area contributed by atoms with E-state index in [-0.39, 0.29) is 11.8 Å². The summed E-state index contributed by atoms with van der Waals surface area (Å²) < 4.78 is 0. The summed E-state index contributed by atoms with van der Waals surface area (Å²) in [5.74, 6) is 0.126. The molecule has 3 N–H and O–H groups in total. The third-order valence-electron chi connectivity index (χ3n) is 5.46. The van der Waals surface area contributed by atoms with Gasteiger partial charge in [-0.25, -0.2) is 0 Å². The minimum atomic E-state index is -0.0144. The molecule has 0 saturated carbocycles. The first-order valence-corrected chi connectivity index (χ1v) is 9.70. The van der Waals surface area contributed by atoms with E-state index in [0.717, 1.165) is 53.5 Å². The van der Waals surface area contributed by atoms with Crippen molar-refractivity contribution in [3.05, 3.63) is 71.4 Å². The van der Waals surface area contributed by atoms with E-state index in [1.54, 1.807) is 0 Å². The zero-order valence-electron chi connectivity index (χ0n) is 15.4. The van der Waals surface area contributed by atoms with Crippen LogP contribution in [-0.4, -0.2) is 17.4 Å². The number of aryl methyl sites for hydroxylation is 2. The van der Waals surface area contributed by atoms with Crippen LogP contribution in [0.15, 0.2) is 54.6 Å². The minimum Gasteiger partial charge on any atom is -0.398 e. The summed E-state index contributed by atoms with van der Waals surface area (Å²) in [5, 5.41) is 4.10. The van der Waals surface area contributed by atoms with Gasteiger partial charge in [0.1, 0.15) is 0 Å². The van der Waals surface area contributed by atoms with Gasteiger partial charge in [-0.2, -0.15) is 0 Å². The van der Waals surface area contributed by atoms with Crippen LogP contribution in [0.3, 0.4) is 0 Å². The van der Waals surface area contributed by atoms with Crippen LogP contribution in [-0.2, 0) is 24.1 Å². The smallest absolute Gasteiger partial charge is 0.223 e. The van der Waals surface area contributed by atoms with Gasteiger partial charge in [0.05, 0.1) is 5.52 Å². The minimum absolute atomic E-state index is 0.0144. The van der Waals surface area contributed by atoms with Crippen molar-refractivity contribution < 1.29 is 4.79 Å². The van der Waals surface area contributed by atoms with Crippen LogP contribution >= 0.6 is 0 Å². The van der Waals surface area contributed by atoms with Crippen molar-refractivity contribution in [3.8, 4) is 0 Å². The van der Waals surface area contributed by atoms with E-state index >= 15 is 0 Å². The van der Waals surface area contributed by atoms with E-state index in [0.29, 0.717) is 13.0 Å². The summed E-state index contributed by atoms with van der Waals surface area (Å²) in [6.45, 7) is 0.711. The number of carbonyl (C=O) groups is 1. The highest BCUT2D eigenvalue weighted by Crippen LogP contribution is 2.33. The third kappa shape index (κ3) is 3.80. The van der Waals surface area contributed by atoms with Gasteiger partial charge in [-0.15, -0.1) is 0 Å². The number of hydrogen-bond acceptors (Lipinski definition) is 3. The van der Waals surface area contributed by atoms with E-state index in [1.165, 1.54) is 5.56 Å². The first kappa shape index (κ1) is 17.5. The molecule has 4 nitrogen and oxygen atoms in total. The van der Waals surface area contributed by atoms with E-state index < -0.39 is 0 Å². The maximum atomic E-state index is 12.6. The number of anilines is 1. The molecular weight excluding hydrogens is 334 g/mol. The average molecular weight is 359 g/mol. The van der Waals surface area contributed by atoms with Crippen molar-refractivity contribution in [2.75, 3.05) is 12.3 Å². The molecule has 1 aliphatic carbocycles. The number of nitrogens with two attached hydrogens (primary N) is 1. The van der Waals surface area contributed by atoms with Gasteiger partial charge in [-0.3, -0.25) is 9.78 Å². The highest BCUT2D eigenvalue weighted by atomic mass is 16.1. The summed E-state index contributed by atoms with van der Waals surface area (Å²) >= 11 is 0. The van der Waals surface area contributed by atoms with Gasteiger partial charge >= 0.3 is 0 Å². The second-order valence-electron chi connectivity index (χ2n) is 7.29. The molecule has 3 aromatic rings. The number of para-hydroxylation sites is 1. The quantitative estimate of drug-likeness (QED) is 0.683.